The zero-order valence-corrected chi connectivity index (χ0v) is 16.7. The largest absolute Gasteiger partial charge is 0.357 e. The summed E-state index contributed by atoms with van der Waals surface area (Å²) < 4.78 is 0. The number of amides is 2. The molecule has 6 heteroatoms. The second-order valence-electron chi connectivity index (χ2n) is 6.04. The lowest BCUT2D eigenvalue weighted by Gasteiger charge is -2.28. The third-order valence-corrected chi connectivity index (χ3v) is 5.27. The number of carbonyl (C=O) groups excluding carboxylic acids is 2. The first-order valence-electron chi connectivity index (χ1n) is 8.35. The van der Waals surface area contributed by atoms with Gasteiger partial charge in [-0.2, -0.15) is 0 Å². The van der Waals surface area contributed by atoms with Gasteiger partial charge >= 0.3 is 0 Å². The first-order valence-corrected chi connectivity index (χ1v) is 9.72. The highest BCUT2D eigenvalue weighted by atomic mass is 35.5. The van der Waals surface area contributed by atoms with Crippen molar-refractivity contribution in [3.8, 4) is 0 Å². The Balaban J connectivity index is 2.12. The van der Waals surface area contributed by atoms with Gasteiger partial charge in [-0.3, -0.25) is 9.59 Å². The van der Waals surface area contributed by atoms with Crippen LogP contribution in [0.15, 0.2) is 53.4 Å². The number of benzene rings is 2. The minimum atomic E-state index is -0.565. The molecule has 0 aliphatic rings. The zero-order chi connectivity index (χ0) is 19.1. The van der Waals surface area contributed by atoms with E-state index < -0.39 is 6.04 Å². The summed E-state index contributed by atoms with van der Waals surface area (Å²) in [5.74, 6) is -0.0160. The van der Waals surface area contributed by atoms with Gasteiger partial charge in [-0.15, -0.1) is 11.8 Å². The molecule has 0 heterocycles. The fourth-order valence-corrected chi connectivity index (χ4v) is 3.48. The van der Waals surface area contributed by atoms with Crippen LogP contribution in [-0.4, -0.2) is 35.6 Å². The maximum atomic E-state index is 12.8. The van der Waals surface area contributed by atoms with Gasteiger partial charge in [0, 0.05) is 23.5 Å². The minimum Gasteiger partial charge on any atom is -0.357 e. The van der Waals surface area contributed by atoms with Gasteiger partial charge in [0.15, 0.2) is 0 Å². The van der Waals surface area contributed by atoms with Gasteiger partial charge in [0.2, 0.25) is 11.8 Å². The number of nitrogens with one attached hydrogen (secondary N) is 1. The highest BCUT2D eigenvalue weighted by molar-refractivity contribution is 8.00. The molecule has 2 aromatic carbocycles. The van der Waals surface area contributed by atoms with E-state index in [-0.39, 0.29) is 17.6 Å². The Morgan fingerprint density at radius 1 is 1.19 bits per heavy atom. The van der Waals surface area contributed by atoms with Crippen molar-refractivity contribution in [1.29, 1.82) is 0 Å². The van der Waals surface area contributed by atoms with Crippen LogP contribution in [0.5, 0.6) is 0 Å². The molecule has 2 aromatic rings. The molecule has 1 N–H and O–H groups in total. The van der Waals surface area contributed by atoms with Crippen LogP contribution in [0.3, 0.4) is 0 Å². The van der Waals surface area contributed by atoms with E-state index in [1.165, 1.54) is 17.3 Å². The molecule has 0 fully saturated rings. The molecular formula is C20H23ClN2O2S. The highest BCUT2D eigenvalue weighted by Crippen LogP contribution is 2.21. The first kappa shape index (κ1) is 20.3. The lowest BCUT2D eigenvalue weighted by atomic mass is 10.1. The number of aryl methyl sites for hydroxylation is 1. The Hall–Kier alpha value is -1.98. The average molecular weight is 391 g/mol. The third-order valence-electron chi connectivity index (χ3n) is 4.04. The summed E-state index contributed by atoms with van der Waals surface area (Å²) in [7, 11) is 1.57. The van der Waals surface area contributed by atoms with Crippen molar-refractivity contribution in [3.05, 3.63) is 64.7 Å². The predicted octanol–water partition coefficient (Wildman–Crippen LogP) is 3.90. The number of nitrogens with zero attached hydrogens (tertiary/aromatic N) is 1. The molecule has 0 aliphatic carbocycles. The third kappa shape index (κ3) is 5.78. The maximum absolute atomic E-state index is 12.8. The van der Waals surface area contributed by atoms with Crippen LogP contribution in [0, 0.1) is 6.92 Å². The lowest BCUT2D eigenvalue weighted by Crippen LogP contribution is -2.47. The number of thioether (sulfide) groups is 1. The molecule has 0 aliphatic heterocycles. The van der Waals surface area contributed by atoms with Crippen molar-refractivity contribution in [3.63, 3.8) is 0 Å². The van der Waals surface area contributed by atoms with Crippen molar-refractivity contribution in [1.82, 2.24) is 10.2 Å². The van der Waals surface area contributed by atoms with E-state index in [4.69, 9.17) is 11.6 Å². The summed E-state index contributed by atoms with van der Waals surface area (Å²) in [6, 6.07) is 14.8. The number of hydrogen-bond acceptors (Lipinski definition) is 3. The van der Waals surface area contributed by atoms with Crippen LogP contribution >= 0.6 is 23.4 Å². The van der Waals surface area contributed by atoms with Gasteiger partial charge in [-0.05, 0) is 43.7 Å². The van der Waals surface area contributed by atoms with E-state index >= 15 is 0 Å². The van der Waals surface area contributed by atoms with Crippen LogP contribution in [0.25, 0.3) is 0 Å². The predicted molar refractivity (Wildman–Crippen MR) is 107 cm³/mol. The van der Waals surface area contributed by atoms with E-state index in [9.17, 15) is 9.59 Å². The monoisotopic (exact) mass is 390 g/mol. The Kier molecular flexibility index (Phi) is 7.54. The van der Waals surface area contributed by atoms with Gasteiger partial charge in [-0.1, -0.05) is 41.4 Å². The van der Waals surface area contributed by atoms with Crippen LogP contribution in [0.2, 0.25) is 5.02 Å². The average Bonchev–Trinajstić information content (AvgIpc) is 2.64. The maximum Gasteiger partial charge on any atom is 0.242 e. The first-order chi connectivity index (χ1) is 12.4. The second kappa shape index (κ2) is 9.64. The molecular weight excluding hydrogens is 368 g/mol. The molecule has 0 bridgehead atoms. The summed E-state index contributed by atoms with van der Waals surface area (Å²) in [5, 5.41) is 3.22. The summed E-state index contributed by atoms with van der Waals surface area (Å²) in [6.07, 6.45) is 0. The molecule has 0 radical (unpaired) electrons. The standard InChI is InChI=1S/C20H23ClN2O2S/c1-14-7-9-18(10-8-14)26-13-19(24)23(15(2)20(25)22-3)12-16-5-4-6-17(21)11-16/h4-11,15H,12-13H2,1-3H3,(H,22,25)/t15-/m1/s1. The van der Waals surface area contributed by atoms with Gasteiger partial charge < -0.3 is 10.2 Å². The quantitative estimate of drug-likeness (QED) is 0.729. The van der Waals surface area contributed by atoms with Crippen molar-refractivity contribution in [2.75, 3.05) is 12.8 Å². The highest BCUT2D eigenvalue weighted by Gasteiger charge is 2.25. The Labute approximate surface area is 163 Å². The number of halogens is 1. The number of likely N-dealkylation sites (N-methyl/N-ethyl adjacent to an activating group) is 1. The topological polar surface area (TPSA) is 49.4 Å². The van der Waals surface area contributed by atoms with Gasteiger partial charge in [0.05, 0.1) is 5.75 Å². The molecule has 0 unspecified atom stereocenters. The minimum absolute atomic E-state index is 0.0911. The lowest BCUT2D eigenvalue weighted by molar-refractivity contribution is -0.138. The van der Waals surface area contributed by atoms with Crippen LogP contribution in [0.4, 0.5) is 0 Å². The molecule has 1 atom stereocenters. The number of hydrogen-bond donors (Lipinski definition) is 1. The number of carbonyl (C=O) groups is 2. The van der Waals surface area contributed by atoms with E-state index in [1.807, 2.05) is 49.4 Å². The molecule has 0 spiro atoms. The SMILES string of the molecule is CNC(=O)[C@@H](C)N(Cc1cccc(Cl)c1)C(=O)CSc1ccc(C)cc1. The molecule has 26 heavy (non-hydrogen) atoms. The van der Waals surface area contributed by atoms with Gasteiger partial charge in [-0.25, -0.2) is 0 Å². The van der Waals surface area contributed by atoms with Crippen LogP contribution in [-0.2, 0) is 16.1 Å². The summed E-state index contributed by atoms with van der Waals surface area (Å²) >= 11 is 7.51. The Morgan fingerprint density at radius 2 is 1.88 bits per heavy atom. The summed E-state index contributed by atoms with van der Waals surface area (Å²) in [4.78, 5) is 27.5. The Morgan fingerprint density at radius 3 is 2.50 bits per heavy atom. The van der Waals surface area contributed by atoms with Crippen molar-refractivity contribution in [2.24, 2.45) is 0 Å². The molecule has 4 nitrogen and oxygen atoms in total. The zero-order valence-electron chi connectivity index (χ0n) is 15.2. The molecule has 2 amide bonds. The van der Waals surface area contributed by atoms with E-state index in [1.54, 1.807) is 24.9 Å². The fourth-order valence-electron chi connectivity index (χ4n) is 2.49. The second-order valence-corrected chi connectivity index (χ2v) is 7.53. The van der Waals surface area contributed by atoms with Crippen molar-refractivity contribution >= 4 is 35.2 Å². The number of rotatable bonds is 7. The Bertz CT molecular complexity index is 765. The van der Waals surface area contributed by atoms with Crippen LogP contribution in [0.1, 0.15) is 18.1 Å². The van der Waals surface area contributed by atoms with Gasteiger partial charge in [0.1, 0.15) is 6.04 Å². The van der Waals surface area contributed by atoms with E-state index in [2.05, 4.69) is 5.32 Å². The summed E-state index contributed by atoms with van der Waals surface area (Å²) in [6.45, 7) is 4.09. The van der Waals surface area contributed by atoms with Crippen molar-refractivity contribution in [2.45, 2.75) is 31.3 Å². The smallest absolute Gasteiger partial charge is 0.242 e. The van der Waals surface area contributed by atoms with E-state index in [0.717, 1.165) is 10.5 Å². The molecule has 2 rings (SSSR count). The van der Waals surface area contributed by atoms with E-state index in [0.29, 0.717) is 11.6 Å². The molecule has 0 saturated carbocycles. The normalized spacial score (nSPS) is 11.7. The summed E-state index contributed by atoms with van der Waals surface area (Å²) in [5.41, 5.74) is 2.07. The fraction of sp³-hybridized carbons (Fsp3) is 0.300. The molecule has 138 valence electrons. The molecule has 0 saturated heterocycles. The van der Waals surface area contributed by atoms with Gasteiger partial charge in [0.25, 0.3) is 0 Å². The van der Waals surface area contributed by atoms with Crippen LogP contribution < -0.4 is 5.32 Å². The molecule has 0 aromatic heterocycles. The van der Waals surface area contributed by atoms with Crippen molar-refractivity contribution < 1.29 is 9.59 Å².